The van der Waals surface area contributed by atoms with Gasteiger partial charge in [0.2, 0.25) is 0 Å². The Hall–Kier alpha value is -3.29. The SMILES string of the molecule is COc1ccc(CN2CCOc3c(cc(-c4nc5ccccc5s4)cc3OC)C2)c(O)c1. The normalized spacial score (nSPS) is 13.9. The van der Waals surface area contributed by atoms with Crippen molar-refractivity contribution in [3.05, 3.63) is 65.7 Å². The molecule has 0 bridgehead atoms. The van der Waals surface area contributed by atoms with Gasteiger partial charge >= 0.3 is 0 Å². The van der Waals surface area contributed by atoms with Gasteiger partial charge in [-0.1, -0.05) is 18.2 Å². The number of phenolic OH excluding ortho intramolecular Hbond substituents is 1. The molecule has 1 N–H and O–H groups in total. The molecule has 1 aliphatic heterocycles. The molecule has 5 rings (SSSR count). The lowest BCUT2D eigenvalue weighted by molar-refractivity contribution is 0.215. The summed E-state index contributed by atoms with van der Waals surface area (Å²) >= 11 is 1.67. The molecule has 0 fully saturated rings. The van der Waals surface area contributed by atoms with Crippen LogP contribution in [-0.4, -0.2) is 42.4 Å². The molecule has 0 spiro atoms. The summed E-state index contributed by atoms with van der Waals surface area (Å²) in [4.78, 5) is 7.07. The second kappa shape index (κ2) is 8.68. The third-order valence-corrected chi connectivity index (χ3v) is 6.71. The van der Waals surface area contributed by atoms with Crippen molar-refractivity contribution in [2.75, 3.05) is 27.4 Å². The number of para-hydroxylation sites is 1. The first kappa shape index (κ1) is 20.6. The maximum absolute atomic E-state index is 10.4. The van der Waals surface area contributed by atoms with Crippen LogP contribution >= 0.6 is 11.3 Å². The standard InChI is InChI=1S/C25H24N2O4S/c1-29-19-8-7-16(21(28)13-19)14-27-9-10-31-24-18(15-27)11-17(12-22(24)30-2)25-26-20-5-3-4-6-23(20)32-25/h3-8,11-13,28H,9-10,14-15H2,1-2H3. The number of hydrogen-bond donors (Lipinski definition) is 1. The van der Waals surface area contributed by atoms with Crippen molar-refractivity contribution in [2.24, 2.45) is 0 Å². The van der Waals surface area contributed by atoms with E-state index in [4.69, 9.17) is 19.2 Å². The van der Waals surface area contributed by atoms with E-state index in [0.717, 1.165) is 44.2 Å². The van der Waals surface area contributed by atoms with Crippen LogP contribution in [0.4, 0.5) is 0 Å². The monoisotopic (exact) mass is 448 g/mol. The van der Waals surface area contributed by atoms with Crippen molar-refractivity contribution in [3.8, 4) is 33.6 Å². The van der Waals surface area contributed by atoms with Crippen molar-refractivity contribution in [2.45, 2.75) is 13.1 Å². The van der Waals surface area contributed by atoms with Gasteiger partial charge in [0.25, 0.3) is 0 Å². The smallest absolute Gasteiger partial charge is 0.165 e. The second-order valence-electron chi connectivity index (χ2n) is 7.71. The zero-order valence-electron chi connectivity index (χ0n) is 18.0. The Balaban J connectivity index is 1.48. The van der Waals surface area contributed by atoms with Gasteiger partial charge in [-0.05, 0) is 30.3 Å². The average Bonchev–Trinajstić information content (AvgIpc) is 3.14. The molecule has 0 saturated heterocycles. The first-order valence-corrected chi connectivity index (χ1v) is 11.2. The van der Waals surface area contributed by atoms with Crippen molar-refractivity contribution in [1.82, 2.24) is 9.88 Å². The summed E-state index contributed by atoms with van der Waals surface area (Å²) in [6.07, 6.45) is 0. The Morgan fingerprint density at radius 2 is 1.97 bits per heavy atom. The Labute approximate surface area is 190 Å². The third kappa shape index (κ3) is 3.97. The number of aromatic nitrogens is 1. The van der Waals surface area contributed by atoms with Crippen molar-refractivity contribution in [3.63, 3.8) is 0 Å². The summed E-state index contributed by atoms with van der Waals surface area (Å²) in [6, 6.07) is 17.7. The summed E-state index contributed by atoms with van der Waals surface area (Å²) in [5.74, 6) is 2.36. The highest BCUT2D eigenvalue weighted by Crippen LogP contribution is 2.40. The molecule has 2 heterocycles. The number of aromatic hydroxyl groups is 1. The van der Waals surface area contributed by atoms with Crippen LogP contribution in [0.3, 0.4) is 0 Å². The van der Waals surface area contributed by atoms with Gasteiger partial charge in [-0.3, -0.25) is 4.90 Å². The van der Waals surface area contributed by atoms with Crippen LogP contribution in [0.25, 0.3) is 20.8 Å². The minimum Gasteiger partial charge on any atom is -0.507 e. The first-order chi connectivity index (χ1) is 15.6. The number of phenols is 1. The molecule has 0 radical (unpaired) electrons. The van der Waals surface area contributed by atoms with Crippen LogP contribution in [0.15, 0.2) is 54.6 Å². The third-order valence-electron chi connectivity index (χ3n) is 5.63. The minimum atomic E-state index is 0.232. The van der Waals surface area contributed by atoms with Crippen molar-refractivity contribution in [1.29, 1.82) is 0 Å². The van der Waals surface area contributed by atoms with E-state index >= 15 is 0 Å². The molecule has 0 aliphatic carbocycles. The molecule has 0 saturated carbocycles. The summed E-state index contributed by atoms with van der Waals surface area (Å²) in [6.45, 7) is 2.56. The number of fused-ring (bicyclic) bond motifs is 2. The zero-order chi connectivity index (χ0) is 22.1. The molecule has 0 atom stereocenters. The molecule has 3 aromatic carbocycles. The van der Waals surface area contributed by atoms with E-state index in [1.165, 1.54) is 0 Å². The topological polar surface area (TPSA) is 64.1 Å². The van der Waals surface area contributed by atoms with Gasteiger partial charge in [0.15, 0.2) is 11.5 Å². The minimum absolute atomic E-state index is 0.232. The van der Waals surface area contributed by atoms with Gasteiger partial charge in [0.1, 0.15) is 23.1 Å². The van der Waals surface area contributed by atoms with E-state index in [0.29, 0.717) is 31.2 Å². The quantitative estimate of drug-likeness (QED) is 0.459. The van der Waals surface area contributed by atoms with Gasteiger partial charge in [0, 0.05) is 42.4 Å². The highest BCUT2D eigenvalue weighted by atomic mass is 32.1. The average molecular weight is 449 g/mol. The lowest BCUT2D eigenvalue weighted by Crippen LogP contribution is -2.25. The van der Waals surface area contributed by atoms with Crippen LogP contribution in [0, 0.1) is 0 Å². The van der Waals surface area contributed by atoms with Gasteiger partial charge in [-0.15, -0.1) is 11.3 Å². The molecule has 0 unspecified atom stereocenters. The fourth-order valence-corrected chi connectivity index (χ4v) is 4.94. The molecule has 7 heteroatoms. The summed E-state index contributed by atoms with van der Waals surface area (Å²) in [5.41, 5.74) is 3.90. The van der Waals surface area contributed by atoms with E-state index in [9.17, 15) is 5.11 Å². The maximum Gasteiger partial charge on any atom is 0.165 e. The molecule has 0 amide bonds. The Morgan fingerprint density at radius 1 is 1.09 bits per heavy atom. The van der Waals surface area contributed by atoms with Crippen LogP contribution in [-0.2, 0) is 13.1 Å². The molecule has 1 aromatic heterocycles. The Morgan fingerprint density at radius 3 is 2.75 bits per heavy atom. The summed E-state index contributed by atoms with van der Waals surface area (Å²) in [5, 5.41) is 11.4. The summed E-state index contributed by atoms with van der Waals surface area (Å²) < 4.78 is 18.1. The molecule has 164 valence electrons. The number of nitrogens with zero attached hydrogens (tertiary/aromatic N) is 2. The number of ether oxygens (including phenoxy) is 3. The van der Waals surface area contributed by atoms with Crippen LogP contribution < -0.4 is 14.2 Å². The van der Waals surface area contributed by atoms with Gasteiger partial charge in [-0.25, -0.2) is 4.98 Å². The Bertz CT molecular complexity index is 1240. The lowest BCUT2D eigenvalue weighted by Gasteiger charge is -2.20. The van der Waals surface area contributed by atoms with E-state index in [-0.39, 0.29) is 5.75 Å². The number of benzene rings is 3. The zero-order valence-corrected chi connectivity index (χ0v) is 18.8. The van der Waals surface area contributed by atoms with E-state index < -0.39 is 0 Å². The van der Waals surface area contributed by atoms with Gasteiger partial charge in [-0.2, -0.15) is 0 Å². The molecule has 6 nitrogen and oxygen atoms in total. The number of rotatable bonds is 5. The lowest BCUT2D eigenvalue weighted by atomic mass is 10.1. The van der Waals surface area contributed by atoms with E-state index in [1.807, 2.05) is 36.4 Å². The number of hydrogen-bond acceptors (Lipinski definition) is 7. The molecular weight excluding hydrogens is 424 g/mol. The highest BCUT2D eigenvalue weighted by molar-refractivity contribution is 7.21. The highest BCUT2D eigenvalue weighted by Gasteiger charge is 2.22. The largest absolute Gasteiger partial charge is 0.507 e. The fraction of sp³-hybridized carbons (Fsp3) is 0.240. The van der Waals surface area contributed by atoms with Gasteiger partial charge in [0.05, 0.1) is 24.4 Å². The number of thiazole rings is 1. The van der Waals surface area contributed by atoms with Crippen LogP contribution in [0.1, 0.15) is 11.1 Å². The van der Waals surface area contributed by atoms with E-state index in [2.05, 4.69) is 17.0 Å². The maximum atomic E-state index is 10.4. The van der Waals surface area contributed by atoms with Crippen molar-refractivity contribution < 1.29 is 19.3 Å². The first-order valence-electron chi connectivity index (χ1n) is 10.4. The molecule has 4 aromatic rings. The molecule has 32 heavy (non-hydrogen) atoms. The van der Waals surface area contributed by atoms with Gasteiger partial charge < -0.3 is 19.3 Å². The van der Waals surface area contributed by atoms with E-state index in [1.54, 1.807) is 31.6 Å². The summed E-state index contributed by atoms with van der Waals surface area (Å²) in [7, 11) is 3.26. The predicted molar refractivity (Wildman–Crippen MR) is 126 cm³/mol. The number of methoxy groups -OCH3 is 2. The molecule has 1 aliphatic rings. The van der Waals surface area contributed by atoms with Crippen LogP contribution in [0.2, 0.25) is 0 Å². The fourth-order valence-electron chi connectivity index (χ4n) is 3.99. The second-order valence-corrected chi connectivity index (χ2v) is 8.74. The predicted octanol–water partition coefficient (Wildman–Crippen LogP) is 5.08. The van der Waals surface area contributed by atoms with Crippen LogP contribution in [0.5, 0.6) is 23.0 Å². The molecular formula is C25H24N2O4S. The Kier molecular flexibility index (Phi) is 5.59. The van der Waals surface area contributed by atoms with Crippen molar-refractivity contribution >= 4 is 21.6 Å².